The normalized spacial score (nSPS) is 10.8. The summed E-state index contributed by atoms with van der Waals surface area (Å²) in [5.41, 5.74) is 2.16. The van der Waals surface area contributed by atoms with Gasteiger partial charge < -0.3 is 4.74 Å². The number of benzene rings is 1. The maximum Gasteiger partial charge on any atom is 0.228 e. The van der Waals surface area contributed by atoms with E-state index in [1.54, 1.807) is 4.74 Å². The standard InChI is InChI=1S/C13H16NO2.ClHO4/c1-4-15-12-7-5-11(6-8-12)13-9-10(2)14(3)16-13;2-1(3,4)5/h5-9H,4H2,1-3H3;(H,2,3,4,5)/q+1;/p-1. The first kappa shape index (κ1) is 17.4. The van der Waals surface area contributed by atoms with Crippen molar-refractivity contribution in [1.29, 1.82) is 0 Å². The second-order valence-electron chi connectivity index (χ2n) is 4.07. The molecule has 0 atom stereocenters. The third kappa shape index (κ3) is 6.56. The fraction of sp³-hybridized carbons (Fsp3) is 0.308. The van der Waals surface area contributed by atoms with E-state index in [9.17, 15) is 0 Å². The Morgan fingerprint density at radius 3 is 2.05 bits per heavy atom. The van der Waals surface area contributed by atoms with Gasteiger partial charge in [0, 0.05) is 12.5 Å². The van der Waals surface area contributed by atoms with Crippen molar-refractivity contribution in [3.63, 3.8) is 0 Å². The Hall–Kier alpha value is -1.64. The molecule has 7 nitrogen and oxygen atoms in total. The van der Waals surface area contributed by atoms with Crippen LogP contribution in [0, 0.1) is 17.2 Å². The Kier molecular flexibility index (Phi) is 6.13. The minimum Gasteiger partial charge on any atom is -0.494 e. The molecule has 0 radical (unpaired) electrons. The summed E-state index contributed by atoms with van der Waals surface area (Å²) in [7, 11) is -3.05. The van der Waals surface area contributed by atoms with E-state index < -0.39 is 10.2 Å². The second kappa shape index (κ2) is 7.39. The molecule has 2 aromatic rings. The zero-order valence-electron chi connectivity index (χ0n) is 11.9. The summed E-state index contributed by atoms with van der Waals surface area (Å²) < 4.78 is 46.7. The van der Waals surface area contributed by atoms with Gasteiger partial charge >= 0.3 is 0 Å². The van der Waals surface area contributed by atoms with Crippen molar-refractivity contribution in [2.75, 3.05) is 6.61 Å². The highest BCUT2D eigenvalue weighted by atomic mass is 35.7. The summed E-state index contributed by atoms with van der Waals surface area (Å²) >= 11 is 0. The van der Waals surface area contributed by atoms with E-state index in [1.807, 2.05) is 51.2 Å². The van der Waals surface area contributed by atoms with Crippen molar-refractivity contribution in [1.82, 2.24) is 0 Å². The van der Waals surface area contributed by atoms with E-state index in [1.165, 1.54) is 0 Å². The molecule has 21 heavy (non-hydrogen) atoms. The van der Waals surface area contributed by atoms with Gasteiger partial charge in [0.1, 0.15) is 5.75 Å². The van der Waals surface area contributed by atoms with E-state index in [0.717, 1.165) is 22.8 Å². The summed E-state index contributed by atoms with van der Waals surface area (Å²) in [4.78, 5) is 0. The Labute approximate surface area is 124 Å². The molecule has 0 aliphatic carbocycles. The zero-order valence-corrected chi connectivity index (χ0v) is 12.6. The van der Waals surface area contributed by atoms with E-state index in [4.69, 9.17) is 27.9 Å². The first-order chi connectivity index (χ1) is 9.70. The lowest BCUT2D eigenvalue weighted by Crippen LogP contribution is -2.68. The highest BCUT2D eigenvalue weighted by molar-refractivity contribution is 5.57. The summed E-state index contributed by atoms with van der Waals surface area (Å²) in [5.74, 6) is 1.77. The average molecular weight is 318 g/mol. The molecule has 0 aliphatic heterocycles. The van der Waals surface area contributed by atoms with Gasteiger partial charge in [-0.1, -0.05) is 0 Å². The van der Waals surface area contributed by atoms with Crippen LogP contribution < -0.4 is 28.1 Å². The molecule has 0 bridgehead atoms. The molecule has 2 rings (SSSR count). The summed E-state index contributed by atoms with van der Waals surface area (Å²) in [6.07, 6.45) is 0. The van der Waals surface area contributed by atoms with Crippen LogP contribution in [0.25, 0.3) is 11.3 Å². The number of ether oxygens (including phenoxy) is 1. The van der Waals surface area contributed by atoms with Crippen LogP contribution >= 0.6 is 0 Å². The topological polar surface area (TPSA) is 118 Å². The number of nitrogens with zero attached hydrogens (tertiary/aromatic N) is 1. The highest BCUT2D eigenvalue weighted by Gasteiger charge is 2.12. The lowest BCUT2D eigenvalue weighted by molar-refractivity contribution is -2.00. The van der Waals surface area contributed by atoms with E-state index in [2.05, 4.69) is 0 Å². The van der Waals surface area contributed by atoms with Crippen LogP contribution in [0.5, 0.6) is 5.75 Å². The Bertz CT molecular complexity index is 536. The highest BCUT2D eigenvalue weighted by Crippen LogP contribution is 2.22. The lowest BCUT2D eigenvalue weighted by atomic mass is 10.1. The molecule has 0 amide bonds. The molecule has 0 N–H and O–H groups in total. The summed E-state index contributed by atoms with van der Waals surface area (Å²) in [6.45, 7) is 4.68. The van der Waals surface area contributed by atoms with E-state index >= 15 is 0 Å². The average Bonchev–Trinajstić information content (AvgIpc) is 2.69. The van der Waals surface area contributed by atoms with Gasteiger partial charge in [-0.3, -0.25) is 0 Å². The smallest absolute Gasteiger partial charge is 0.228 e. The van der Waals surface area contributed by atoms with E-state index in [0.29, 0.717) is 6.61 Å². The molecule has 0 unspecified atom stereocenters. The van der Waals surface area contributed by atoms with Gasteiger partial charge in [-0.15, -0.1) is 10.2 Å². The van der Waals surface area contributed by atoms with Crippen LogP contribution in [0.2, 0.25) is 0 Å². The van der Waals surface area contributed by atoms with Gasteiger partial charge in [-0.2, -0.15) is 0 Å². The summed E-state index contributed by atoms with van der Waals surface area (Å²) in [5, 5.41) is 0. The predicted molar refractivity (Wildman–Crippen MR) is 61.2 cm³/mol. The minimum absolute atomic E-state index is 0.689. The number of aromatic nitrogens is 1. The molecule has 0 saturated carbocycles. The Morgan fingerprint density at radius 1 is 1.14 bits per heavy atom. The Morgan fingerprint density at radius 2 is 1.67 bits per heavy atom. The number of aryl methyl sites for hydroxylation is 2. The molecule has 1 heterocycles. The monoisotopic (exact) mass is 317 g/mol. The fourth-order valence-electron chi connectivity index (χ4n) is 1.54. The van der Waals surface area contributed by atoms with Crippen molar-refractivity contribution in [3.8, 4) is 17.1 Å². The third-order valence-corrected chi connectivity index (χ3v) is 2.52. The predicted octanol–water partition coefficient (Wildman–Crippen LogP) is -2.28. The largest absolute Gasteiger partial charge is 0.494 e. The van der Waals surface area contributed by atoms with Crippen LogP contribution in [0.1, 0.15) is 12.6 Å². The first-order valence-corrected chi connectivity index (χ1v) is 7.26. The maximum absolute atomic E-state index is 8.49. The van der Waals surface area contributed by atoms with Gasteiger partial charge in [-0.25, -0.2) is 23.2 Å². The fourth-order valence-corrected chi connectivity index (χ4v) is 1.54. The third-order valence-electron chi connectivity index (χ3n) is 2.52. The maximum atomic E-state index is 8.49. The van der Waals surface area contributed by atoms with Crippen molar-refractivity contribution >= 4 is 0 Å². The van der Waals surface area contributed by atoms with Crippen molar-refractivity contribution in [2.45, 2.75) is 13.8 Å². The molecule has 0 saturated heterocycles. The van der Waals surface area contributed by atoms with Crippen LogP contribution in [-0.4, -0.2) is 6.61 Å². The number of hydrogen-bond donors (Lipinski definition) is 0. The van der Waals surface area contributed by atoms with Crippen LogP contribution in [0.3, 0.4) is 0 Å². The van der Waals surface area contributed by atoms with Gasteiger partial charge in [0.2, 0.25) is 11.5 Å². The number of rotatable bonds is 3. The quantitative estimate of drug-likeness (QED) is 0.588. The van der Waals surface area contributed by atoms with Gasteiger partial charge in [-0.05, 0) is 35.9 Å². The molecule has 0 aliphatic rings. The molecular formula is C13H16ClNO6. The lowest BCUT2D eigenvalue weighted by Gasteiger charge is -2.17. The van der Waals surface area contributed by atoms with Gasteiger partial charge in [0.15, 0.2) is 7.05 Å². The van der Waals surface area contributed by atoms with Crippen LogP contribution in [0.15, 0.2) is 34.9 Å². The number of halogens is 1. The molecule has 0 spiro atoms. The SMILES string of the molecule is CCOc1ccc(-c2cc(C)[n+](C)o2)cc1.[O-][Cl+3]([O-])([O-])[O-]. The molecule has 116 valence electrons. The Balaban J connectivity index is 0.000000383. The minimum atomic E-state index is -4.94. The molecular weight excluding hydrogens is 302 g/mol. The molecule has 0 fully saturated rings. The van der Waals surface area contributed by atoms with Crippen LogP contribution in [0.4, 0.5) is 0 Å². The summed E-state index contributed by atoms with van der Waals surface area (Å²) in [6, 6.07) is 9.94. The van der Waals surface area contributed by atoms with Crippen molar-refractivity contribution in [2.24, 2.45) is 7.05 Å². The first-order valence-electron chi connectivity index (χ1n) is 6.02. The van der Waals surface area contributed by atoms with Crippen molar-refractivity contribution < 1.29 is 42.9 Å². The van der Waals surface area contributed by atoms with Crippen molar-refractivity contribution in [3.05, 3.63) is 36.0 Å². The van der Waals surface area contributed by atoms with Gasteiger partial charge in [0.05, 0.1) is 12.7 Å². The molecule has 1 aromatic carbocycles. The second-order valence-corrected chi connectivity index (χ2v) is 4.83. The van der Waals surface area contributed by atoms with Crippen LogP contribution in [-0.2, 0) is 7.05 Å². The van der Waals surface area contributed by atoms with E-state index in [-0.39, 0.29) is 0 Å². The molecule has 1 aromatic heterocycles. The molecule has 8 heteroatoms. The van der Waals surface area contributed by atoms with Gasteiger partial charge in [0.25, 0.3) is 0 Å². The zero-order chi connectivity index (χ0) is 16.0. The number of hydrogen-bond acceptors (Lipinski definition) is 6.